The molecule has 2 aromatic rings. The minimum Gasteiger partial charge on any atom is -0.479 e. The molecule has 0 aromatic carbocycles. The number of fused-ring (bicyclic) bond motifs is 1. The fraction of sp³-hybridized carbons (Fsp3) is 0.647. The van der Waals surface area contributed by atoms with Crippen LogP contribution in [-0.2, 0) is 9.53 Å². The van der Waals surface area contributed by atoms with E-state index in [1.54, 1.807) is 10.9 Å². The number of hydrogen-bond donors (Lipinski definition) is 2. The topological polar surface area (TPSA) is 116 Å². The lowest BCUT2D eigenvalue weighted by Crippen LogP contribution is -2.20. The molecule has 2 aromatic heterocycles. The van der Waals surface area contributed by atoms with E-state index in [2.05, 4.69) is 15.0 Å². The van der Waals surface area contributed by atoms with E-state index < -0.39 is 18.3 Å². The number of ether oxygens (including phenoxy) is 1. The molecule has 1 aliphatic rings. The van der Waals surface area contributed by atoms with Crippen LogP contribution in [0.15, 0.2) is 12.7 Å². The zero-order valence-electron chi connectivity index (χ0n) is 16.2. The normalized spacial score (nSPS) is 21.2. The molecule has 0 aliphatic carbocycles. The lowest BCUT2D eigenvalue weighted by atomic mass is 10.1. The molecule has 8 heteroatoms. The number of carboxylic acids is 1. The van der Waals surface area contributed by atoms with Crippen molar-refractivity contribution in [1.82, 2.24) is 19.5 Å². The monoisotopic (exact) mass is 353 g/mol. The van der Waals surface area contributed by atoms with Gasteiger partial charge in [-0.25, -0.2) is 19.7 Å². The van der Waals surface area contributed by atoms with E-state index >= 15 is 0 Å². The van der Waals surface area contributed by atoms with Crippen molar-refractivity contribution in [1.29, 1.82) is 0 Å². The van der Waals surface area contributed by atoms with Crippen LogP contribution in [0.25, 0.3) is 11.2 Å². The molecule has 3 heterocycles. The average Bonchev–Trinajstić information content (AvgIpc) is 3.24. The van der Waals surface area contributed by atoms with Gasteiger partial charge < -0.3 is 15.6 Å². The number of carbonyl (C=O) groups is 1. The predicted octanol–water partition coefficient (Wildman–Crippen LogP) is 3.50. The van der Waals surface area contributed by atoms with Crippen molar-refractivity contribution in [2.24, 2.45) is 5.92 Å². The van der Waals surface area contributed by atoms with Crippen molar-refractivity contribution in [2.45, 2.75) is 67.2 Å². The van der Waals surface area contributed by atoms with Crippen molar-refractivity contribution >= 4 is 23.0 Å². The molecule has 142 valence electrons. The van der Waals surface area contributed by atoms with Crippen LogP contribution in [-0.4, -0.2) is 36.7 Å². The maximum absolute atomic E-state index is 11.0. The Bertz CT molecular complexity index is 644. The number of nitrogen functional groups attached to an aromatic ring is 1. The van der Waals surface area contributed by atoms with Gasteiger partial charge in [-0.15, -0.1) is 0 Å². The molecule has 25 heavy (non-hydrogen) atoms. The van der Waals surface area contributed by atoms with Crippen LogP contribution >= 0.6 is 0 Å². The Balaban J connectivity index is 0.000000871. The quantitative estimate of drug-likeness (QED) is 0.848. The number of rotatable bonds is 2. The van der Waals surface area contributed by atoms with Gasteiger partial charge in [-0.3, -0.25) is 4.57 Å². The van der Waals surface area contributed by atoms with E-state index in [1.807, 2.05) is 48.5 Å². The highest BCUT2D eigenvalue weighted by Gasteiger charge is 2.38. The molecule has 0 saturated carbocycles. The second-order valence-electron chi connectivity index (χ2n) is 4.65. The van der Waals surface area contributed by atoms with Crippen LogP contribution in [0.1, 0.15) is 61.1 Å². The molecule has 1 fully saturated rings. The maximum Gasteiger partial charge on any atom is 0.332 e. The number of carboxylic acid groups (broad SMARTS) is 1. The number of imidazole rings is 1. The van der Waals surface area contributed by atoms with Gasteiger partial charge in [0.1, 0.15) is 18.1 Å². The van der Waals surface area contributed by atoms with Gasteiger partial charge >= 0.3 is 5.97 Å². The van der Waals surface area contributed by atoms with Crippen molar-refractivity contribution in [3.05, 3.63) is 12.7 Å². The smallest absolute Gasteiger partial charge is 0.332 e. The first-order valence-electron chi connectivity index (χ1n) is 8.89. The van der Waals surface area contributed by atoms with Gasteiger partial charge in [0.2, 0.25) is 0 Å². The highest BCUT2D eigenvalue weighted by molar-refractivity contribution is 5.81. The molecule has 0 amide bonds. The average molecular weight is 353 g/mol. The Hall–Kier alpha value is -2.22. The first-order valence-corrected chi connectivity index (χ1v) is 8.89. The predicted molar refractivity (Wildman–Crippen MR) is 99.1 cm³/mol. The largest absolute Gasteiger partial charge is 0.479 e. The molecule has 0 radical (unpaired) electrons. The number of aromatic nitrogens is 4. The second-order valence-corrected chi connectivity index (χ2v) is 4.65. The van der Waals surface area contributed by atoms with Gasteiger partial charge in [0.25, 0.3) is 0 Å². The van der Waals surface area contributed by atoms with Crippen LogP contribution in [0, 0.1) is 5.92 Å². The summed E-state index contributed by atoms with van der Waals surface area (Å²) in [6.45, 7) is 13.9. The molecule has 3 atom stereocenters. The van der Waals surface area contributed by atoms with Gasteiger partial charge in [-0.2, -0.15) is 0 Å². The molecule has 8 nitrogen and oxygen atoms in total. The molecule has 3 unspecified atom stereocenters. The summed E-state index contributed by atoms with van der Waals surface area (Å²) in [6, 6.07) is 0. The zero-order valence-corrected chi connectivity index (χ0v) is 16.2. The Labute approximate surface area is 149 Å². The van der Waals surface area contributed by atoms with E-state index in [0.29, 0.717) is 23.4 Å². The molecule has 3 N–H and O–H groups in total. The third kappa shape index (κ3) is 5.12. The molecular formula is C17H31N5O3. The number of nitrogens with zero attached hydrogens (tertiary/aromatic N) is 4. The van der Waals surface area contributed by atoms with Crippen LogP contribution in [0.4, 0.5) is 5.82 Å². The molecule has 1 saturated heterocycles. The summed E-state index contributed by atoms with van der Waals surface area (Å²) in [5, 5.41) is 9.01. The molecular weight excluding hydrogens is 322 g/mol. The Kier molecular flexibility index (Phi) is 10.3. The summed E-state index contributed by atoms with van der Waals surface area (Å²) in [5.41, 5.74) is 6.77. The minimum atomic E-state index is -0.951. The lowest BCUT2D eigenvalue weighted by molar-refractivity contribution is -0.151. The van der Waals surface area contributed by atoms with Crippen molar-refractivity contribution < 1.29 is 14.6 Å². The zero-order chi connectivity index (χ0) is 19.6. The first-order chi connectivity index (χ1) is 12.1. The minimum absolute atomic E-state index is 0.0506. The molecule has 0 bridgehead atoms. The number of aliphatic carboxylic acids is 1. The van der Waals surface area contributed by atoms with Gasteiger partial charge in [0.05, 0.1) is 6.33 Å². The Morgan fingerprint density at radius 1 is 1.20 bits per heavy atom. The van der Waals surface area contributed by atoms with Gasteiger partial charge in [0, 0.05) is 5.92 Å². The fourth-order valence-electron chi connectivity index (χ4n) is 2.37. The fourth-order valence-corrected chi connectivity index (χ4v) is 2.37. The maximum atomic E-state index is 11.0. The van der Waals surface area contributed by atoms with Crippen molar-refractivity contribution in [3.8, 4) is 0 Å². The summed E-state index contributed by atoms with van der Waals surface area (Å²) >= 11 is 0. The SMILES string of the molecule is CC.CC.CC.CC1CC(C(=O)O)OC1n1cnc2c(N)ncnc21. The van der Waals surface area contributed by atoms with E-state index in [1.165, 1.54) is 6.33 Å². The Morgan fingerprint density at radius 2 is 1.80 bits per heavy atom. The highest BCUT2D eigenvalue weighted by Crippen LogP contribution is 2.35. The van der Waals surface area contributed by atoms with E-state index in [-0.39, 0.29) is 5.92 Å². The van der Waals surface area contributed by atoms with E-state index in [9.17, 15) is 4.79 Å². The van der Waals surface area contributed by atoms with Crippen molar-refractivity contribution in [2.75, 3.05) is 5.73 Å². The van der Waals surface area contributed by atoms with Crippen LogP contribution in [0.2, 0.25) is 0 Å². The van der Waals surface area contributed by atoms with Crippen LogP contribution in [0.3, 0.4) is 0 Å². The summed E-state index contributed by atoms with van der Waals surface area (Å²) in [4.78, 5) is 23.1. The van der Waals surface area contributed by atoms with Crippen LogP contribution in [0.5, 0.6) is 0 Å². The van der Waals surface area contributed by atoms with E-state index in [0.717, 1.165) is 0 Å². The second kappa shape index (κ2) is 11.4. The summed E-state index contributed by atoms with van der Waals surface area (Å²) < 4.78 is 7.26. The van der Waals surface area contributed by atoms with Gasteiger partial charge in [-0.1, -0.05) is 48.5 Å². The highest BCUT2D eigenvalue weighted by atomic mass is 16.5. The van der Waals surface area contributed by atoms with Crippen molar-refractivity contribution in [3.63, 3.8) is 0 Å². The molecule has 0 spiro atoms. The third-order valence-corrected chi connectivity index (χ3v) is 3.31. The number of anilines is 1. The molecule has 3 rings (SSSR count). The standard InChI is InChI=1S/C11H13N5O3.3C2H6/c1-5-2-6(11(17)18)19-10(5)16-4-15-7-8(12)13-3-14-9(7)16;3*1-2/h3-6,10H,2H2,1H3,(H,17,18)(H2,12,13,14);3*1-2H3. The summed E-state index contributed by atoms with van der Waals surface area (Å²) in [5.74, 6) is -0.605. The van der Waals surface area contributed by atoms with Crippen LogP contribution < -0.4 is 5.73 Å². The van der Waals surface area contributed by atoms with Gasteiger partial charge in [-0.05, 0) is 6.42 Å². The molecule has 1 aliphatic heterocycles. The van der Waals surface area contributed by atoms with Gasteiger partial charge in [0.15, 0.2) is 17.6 Å². The lowest BCUT2D eigenvalue weighted by Gasteiger charge is -2.16. The first kappa shape index (κ1) is 22.8. The third-order valence-electron chi connectivity index (χ3n) is 3.31. The van der Waals surface area contributed by atoms with E-state index in [4.69, 9.17) is 15.6 Å². The Morgan fingerprint density at radius 3 is 2.32 bits per heavy atom. The summed E-state index contributed by atoms with van der Waals surface area (Å²) in [7, 11) is 0. The summed E-state index contributed by atoms with van der Waals surface area (Å²) in [6.07, 6.45) is 2.17. The number of hydrogen-bond acceptors (Lipinski definition) is 6. The number of nitrogens with two attached hydrogens (primary N) is 1.